The highest BCUT2D eigenvalue weighted by Crippen LogP contribution is 2.22. The Labute approximate surface area is 128 Å². The number of aromatic amines is 1. The van der Waals surface area contributed by atoms with Gasteiger partial charge in [0.2, 0.25) is 0 Å². The summed E-state index contributed by atoms with van der Waals surface area (Å²) in [7, 11) is 1.77. The first-order valence-corrected chi connectivity index (χ1v) is 7.16. The van der Waals surface area contributed by atoms with E-state index < -0.39 is 0 Å². The highest BCUT2D eigenvalue weighted by atomic mass is 19.1. The number of hydrogen-bond donors (Lipinski definition) is 1. The molecule has 3 rings (SSSR count). The predicted octanol–water partition coefficient (Wildman–Crippen LogP) is 4.14. The van der Waals surface area contributed by atoms with Gasteiger partial charge in [0.15, 0.2) is 0 Å². The van der Waals surface area contributed by atoms with Gasteiger partial charge in [0.1, 0.15) is 11.5 Å². The van der Waals surface area contributed by atoms with Crippen molar-refractivity contribution in [2.45, 2.75) is 13.0 Å². The van der Waals surface area contributed by atoms with Crippen molar-refractivity contribution in [1.82, 2.24) is 9.88 Å². The van der Waals surface area contributed by atoms with Crippen molar-refractivity contribution < 1.29 is 9.18 Å². The molecule has 2 aromatic carbocycles. The molecule has 4 heteroatoms. The Bertz CT molecular complexity index is 810. The number of amides is 1. The van der Waals surface area contributed by atoms with Crippen LogP contribution >= 0.6 is 0 Å². The van der Waals surface area contributed by atoms with E-state index in [-0.39, 0.29) is 17.8 Å². The molecule has 0 bridgehead atoms. The molecule has 3 nitrogen and oxygen atoms in total. The van der Waals surface area contributed by atoms with Crippen molar-refractivity contribution in [2.24, 2.45) is 0 Å². The van der Waals surface area contributed by atoms with E-state index in [1.165, 1.54) is 12.1 Å². The first-order chi connectivity index (χ1) is 10.6. The fraction of sp³-hybridized carbons (Fsp3) is 0.167. The summed E-state index contributed by atoms with van der Waals surface area (Å²) in [4.78, 5) is 17.3. The highest BCUT2D eigenvalue weighted by Gasteiger charge is 2.20. The van der Waals surface area contributed by atoms with Crippen LogP contribution in [0.2, 0.25) is 0 Å². The molecule has 0 aliphatic carbocycles. The third kappa shape index (κ3) is 2.60. The maximum absolute atomic E-state index is 13.2. The third-order valence-corrected chi connectivity index (χ3v) is 4.00. The van der Waals surface area contributed by atoms with Crippen molar-refractivity contribution in [3.8, 4) is 0 Å². The summed E-state index contributed by atoms with van der Waals surface area (Å²) in [5.41, 5.74) is 2.29. The van der Waals surface area contributed by atoms with Gasteiger partial charge in [-0.3, -0.25) is 4.79 Å². The molecule has 0 unspecified atom stereocenters. The summed E-state index contributed by atoms with van der Waals surface area (Å²) in [6.45, 7) is 1.98. The lowest BCUT2D eigenvalue weighted by Crippen LogP contribution is -2.29. The highest BCUT2D eigenvalue weighted by molar-refractivity contribution is 5.98. The normalized spacial score (nSPS) is 12.3. The molecule has 22 heavy (non-hydrogen) atoms. The average molecular weight is 296 g/mol. The second-order valence-electron chi connectivity index (χ2n) is 5.42. The number of nitrogens with one attached hydrogen (secondary N) is 1. The lowest BCUT2D eigenvalue weighted by atomic mass is 10.1. The first kappa shape index (κ1) is 14.3. The van der Waals surface area contributed by atoms with Crippen LogP contribution in [0.1, 0.15) is 29.0 Å². The molecular formula is C18H17FN2O. The van der Waals surface area contributed by atoms with Crippen LogP contribution in [0.3, 0.4) is 0 Å². The van der Waals surface area contributed by atoms with Crippen molar-refractivity contribution in [3.63, 3.8) is 0 Å². The van der Waals surface area contributed by atoms with Gasteiger partial charge in [-0.1, -0.05) is 30.3 Å². The third-order valence-electron chi connectivity index (χ3n) is 4.00. The lowest BCUT2D eigenvalue weighted by Gasteiger charge is -2.24. The Balaban J connectivity index is 1.88. The molecule has 1 N–H and O–H groups in total. The molecule has 0 saturated heterocycles. The van der Waals surface area contributed by atoms with Gasteiger partial charge < -0.3 is 9.88 Å². The number of carbonyl (C=O) groups excluding carboxylic acids is 1. The largest absolute Gasteiger partial charge is 0.351 e. The van der Waals surface area contributed by atoms with Gasteiger partial charge in [-0.2, -0.15) is 0 Å². The second kappa shape index (κ2) is 5.64. The summed E-state index contributed by atoms with van der Waals surface area (Å²) in [5, 5.41) is 0.698. The number of carbonyl (C=O) groups is 1. The Morgan fingerprint density at radius 2 is 1.86 bits per heavy atom. The summed E-state index contributed by atoms with van der Waals surface area (Å²) in [5.74, 6) is -0.426. The Kier molecular flexibility index (Phi) is 3.67. The minimum atomic E-state index is -0.309. The standard InChI is InChI=1S/C18H17FN2O/c1-12(13-6-4-3-5-7-13)21(2)18(22)17-11-14-10-15(19)8-9-16(14)20-17/h3-12,20H,1-2H3/t12-/m1/s1. The number of nitrogens with zero attached hydrogens (tertiary/aromatic N) is 1. The van der Waals surface area contributed by atoms with Crippen LogP contribution in [0.5, 0.6) is 0 Å². The molecule has 0 radical (unpaired) electrons. The predicted molar refractivity (Wildman–Crippen MR) is 85.2 cm³/mol. The minimum absolute atomic E-state index is 0.0446. The molecule has 0 aliphatic rings. The van der Waals surface area contributed by atoms with Crippen LogP contribution in [0.25, 0.3) is 10.9 Å². The number of halogens is 1. The number of H-pyrrole nitrogens is 1. The van der Waals surface area contributed by atoms with E-state index in [4.69, 9.17) is 0 Å². The van der Waals surface area contributed by atoms with E-state index in [2.05, 4.69) is 4.98 Å². The smallest absolute Gasteiger partial charge is 0.270 e. The van der Waals surface area contributed by atoms with Crippen LogP contribution < -0.4 is 0 Å². The quantitative estimate of drug-likeness (QED) is 0.774. The molecule has 112 valence electrons. The zero-order chi connectivity index (χ0) is 15.7. The van der Waals surface area contributed by atoms with Crippen LogP contribution in [0.15, 0.2) is 54.6 Å². The first-order valence-electron chi connectivity index (χ1n) is 7.16. The summed E-state index contributed by atoms with van der Waals surface area (Å²) >= 11 is 0. The lowest BCUT2D eigenvalue weighted by molar-refractivity contribution is 0.0737. The maximum Gasteiger partial charge on any atom is 0.270 e. The Hall–Kier alpha value is -2.62. The van der Waals surface area contributed by atoms with E-state index in [1.807, 2.05) is 37.3 Å². The summed E-state index contributed by atoms with van der Waals surface area (Å²) < 4.78 is 13.2. The van der Waals surface area contributed by atoms with E-state index >= 15 is 0 Å². The molecule has 1 amide bonds. The van der Waals surface area contributed by atoms with Crippen molar-refractivity contribution in [1.29, 1.82) is 0 Å². The van der Waals surface area contributed by atoms with Crippen LogP contribution in [0.4, 0.5) is 4.39 Å². The minimum Gasteiger partial charge on any atom is -0.351 e. The van der Waals surface area contributed by atoms with Gasteiger partial charge in [-0.05, 0) is 36.8 Å². The van der Waals surface area contributed by atoms with Crippen molar-refractivity contribution in [2.75, 3.05) is 7.05 Å². The van der Waals surface area contributed by atoms with Gasteiger partial charge >= 0.3 is 0 Å². The monoisotopic (exact) mass is 296 g/mol. The molecule has 1 atom stereocenters. The number of hydrogen-bond acceptors (Lipinski definition) is 1. The van der Waals surface area contributed by atoms with Gasteiger partial charge in [-0.25, -0.2) is 4.39 Å². The van der Waals surface area contributed by atoms with Crippen molar-refractivity contribution in [3.05, 3.63) is 71.7 Å². The van der Waals surface area contributed by atoms with Crippen molar-refractivity contribution >= 4 is 16.8 Å². The van der Waals surface area contributed by atoms with Gasteiger partial charge in [-0.15, -0.1) is 0 Å². The summed E-state index contributed by atoms with van der Waals surface area (Å²) in [6, 6.07) is 15.9. The van der Waals surface area contributed by atoms with Crippen LogP contribution in [0, 0.1) is 5.82 Å². The molecular weight excluding hydrogens is 279 g/mol. The van der Waals surface area contributed by atoms with E-state index in [9.17, 15) is 9.18 Å². The molecule has 0 fully saturated rings. The Morgan fingerprint density at radius 1 is 1.14 bits per heavy atom. The van der Waals surface area contributed by atoms with E-state index in [1.54, 1.807) is 24.1 Å². The SMILES string of the molecule is C[C@H](c1ccccc1)N(C)C(=O)c1cc2cc(F)ccc2[nH]1. The Morgan fingerprint density at radius 3 is 2.59 bits per heavy atom. The number of aromatic nitrogens is 1. The number of rotatable bonds is 3. The fourth-order valence-electron chi connectivity index (χ4n) is 2.54. The van der Waals surface area contributed by atoms with Gasteiger partial charge in [0.05, 0.1) is 6.04 Å². The van der Waals surface area contributed by atoms with E-state index in [0.29, 0.717) is 11.1 Å². The zero-order valence-corrected chi connectivity index (χ0v) is 12.5. The molecule has 3 aromatic rings. The molecule has 1 aromatic heterocycles. The van der Waals surface area contributed by atoms with Crippen LogP contribution in [-0.4, -0.2) is 22.8 Å². The maximum atomic E-state index is 13.2. The second-order valence-corrected chi connectivity index (χ2v) is 5.42. The van der Waals surface area contributed by atoms with Gasteiger partial charge in [0.25, 0.3) is 5.91 Å². The fourth-order valence-corrected chi connectivity index (χ4v) is 2.54. The summed E-state index contributed by atoms with van der Waals surface area (Å²) in [6.07, 6.45) is 0. The van der Waals surface area contributed by atoms with Crippen LogP contribution in [-0.2, 0) is 0 Å². The van der Waals surface area contributed by atoms with E-state index in [0.717, 1.165) is 11.1 Å². The zero-order valence-electron chi connectivity index (χ0n) is 12.5. The molecule has 0 aliphatic heterocycles. The average Bonchev–Trinajstić information content (AvgIpc) is 2.96. The number of benzene rings is 2. The molecule has 0 spiro atoms. The molecule has 0 saturated carbocycles. The number of fused-ring (bicyclic) bond motifs is 1. The molecule has 1 heterocycles. The topological polar surface area (TPSA) is 36.1 Å². The van der Waals surface area contributed by atoms with Gasteiger partial charge in [0, 0.05) is 18.0 Å².